The molecule has 4 nitrogen and oxygen atoms in total. The number of nitrogens with one attached hydrogen (secondary N) is 1. The number of thiazole rings is 1. The van der Waals surface area contributed by atoms with E-state index in [2.05, 4.69) is 21.4 Å². The summed E-state index contributed by atoms with van der Waals surface area (Å²) in [5.41, 5.74) is 4.60. The molecule has 0 saturated heterocycles. The molecule has 2 heterocycles. The van der Waals surface area contributed by atoms with Crippen molar-refractivity contribution in [2.24, 2.45) is 0 Å². The van der Waals surface area contributed by atoms with E-state index in [9.17, 15) is 0 Å². The van der Waals surface area contributed by atoms with Crippen molar-refractivity contribution in [2.45, 2.75) is 13.8 Å². The van der Waals surface area contributed by atoms with Crippen molar-refractivity contribution in [2.75, 3.05) is 5.32 Å². The van der Waals surface area contributed by atoms with Gasteiger partial charge >= 0.3 is 0 Å². The van der Waals surface area contributed by atoms with Crippen LogP contribution in [0.4, 0.5) is 11.6 Å². The van der Waals surface area contributed by atoms with Crippen molar-refractivity contribution in [3.05, 3.63) is 64.9 Å². The van der Waals surface area contributed by atoms with E-state index in [0.717, 1.165) is 33.2 Å². The first-order valence-corrected chi connectivity index (χ1v) is 9.03. The smallest absolute Gasteiger partial charge is 0.227 e. The van der Waals surface area contributed by atoms with E-state index < -0.39 is 0 Å². The highest BCUT2D eigenvalue weighted by Gasteiger charge is 2.10. The van der Waals surface area contributed by atoms with Gasteiger partial charge in [0.05, 0.1) is 20.9 Å². The van der Waals surface area contributed by atoms with E-state index in [0.29, 0.717) is 11.0 Å². The highest BCUT2D eigenvalue weighted by Crippen LogP contribution is 2.34. The number of nitrogens with zero attached hydrogens (tertiary/aromatic N) is 3. The first kappa shape index (κ1) is 16.0. The Morgan fingerprint density at radius 2 is 1.68 bits per heavy atom. The van der Waals surface area contributed by atoms with Crippen molar-refractivity contribution in [1.82, 2.24) is 15.0 Å². The van der Waals surface area contributed by atoms with E-state index in [1.54, 1.807) is 11.3 Å². The molecule has 0 amide bonds. The molecule has 0 radical (unpaired) electrons. The number of hydrogen-bond donors (Lipinski definition) is 1. The van der Waals surface area contributed by atoms with Crippen LogP contribution in [0.25, 0.3) is 20.8 Å². The van der Waals surface area contributed by atoms with Crippen LogP contribution >= 0.6 is 22.9 Å². The van der Waals surface area contributed by atoms with Gasteiger partial charge in [-0.2, -0.15) is 0 Å². The maximum atomic E-state index is 6.36. The van der Waals surface area contributed by atoms with Crippen LogP contribution in [0.3, 0.4) is 0 Å². The van der Waals surface area contributed by atoms with Gasteiger partial charge < -0.3 is 5.32 Å². The summed E-state index contributed by atoms with van der Waals surface area (Å²) in [6.07, 6.45) is 0. The fourth-order valence-electron chi connectivity index (χ4n) is 2.65. The number of aromatic nitrogens is 3. The Labute approximate surface area is 154 Å². The van der Waals surface area contributed by atoms with Gasteiger partial charge in [-0.25, -0.2) is 15.0 Å². The summed E-state index contributed by atoms with van der Waals surface area (Å²) >= 11 is 8.02. The molecular formula is C19H15ClN4S. The molecule has 0 saturated carbocycles. The van der Waals surface area contributed by atoms with E-state index in [4.69, 9.17) is 16.6 Å². The number of rotatable bonds is 3. The predicted molar refractivity (Wildman–Crippen MR) is 105 cm³/mol. The molecule has 0 aliphatic carbocycles. The van der Waals surface area contributed by atoms with Crippen LogP contribution in [-0.4, -0.2) is 15.0 Å². The summed E-state index contributed by atoms with van der Waals surface area (Å²) in [5.74, 6) is 0.542. The van der Waals surface area contributed by atoms with E-state index in [-0.39, 0.29) is 0 Å². The van der Waals surface area contributed by atoms with Crippen molar-refractivity contribution in [3.8, 4) is 10.6 Å². The standard InChI is InChI=1S/C19H15ClN4S/c1-11-9-12(2)22-19(21-11)24-16-10-13(7-8-14(16)20)18-23-15-5-3-4-6-17(15)25-18/h3-10H,1-2H3,(H,21,22,24). The SMILES string of the molecule is Cc1cc(C)nc(Nc2cc(-c3nc4ccccc4s3)ccc2Cl)n1. The summed E-state index contributed by atoms with van der Waals surface area (Å²) < 4.78 is 1.17. The minimum absolute atomic E-state index is 0.542. The van der Waals surface area contributed by atoms with Gasteiger partial charge in [0, 0.05) is 17.0 Å². The largest absolute Gasteiger partial charge is 0.323 e. The van der Waals surface area contributed by atoms with Crippen molar-refractivity contribution < 1.29 is 0 Å². The molecule has 1 N–H and O–H groups in total. The lowest BCUT2D eigenvalue weighted by Crippen LogP contribution is -2.00. The molecule has 0 bridgehead atoms. The van der Waals surface area contributed by atoms with Crippen molar-refractivity contribution >= 4 is 44.8 Å². The van der Waals surface area contributed by atoms with E-state index in [1.807, 2.05) is 56.3 Å². The van der Waals surface area contributed by atoms with Crippen LogP contribution in [0, 0.1) is 13.8 Å². The monoisotopic (exact) mass is 366 g/mol. The van der Waals surface area contributed by atoms with Crippen LogP contribution < -0.4 is 5.32 Å². The van der Waals surface area contributed by atoms with E-state index >= 15 is 0 Å². The lowest BCUT2D eigenvalue weighted by molar-refractivity contribution is 1.06. The fourth-order valence-corrected chi connectivity index (χ4v) is 3.78. The second-order valence-corrected chi connectivity index (χ2v) is 7.22. The first-order chi connectivity index (χ1) is 12.1. The zero-order valence-electron chi connectivity index (χ0n) is 13.7. The zero-order valence-corrected chi connectivity index (χ0v) is 15.3. The van der Waals surface area contributed by atoms with Gasteiger partial charge in [-0.15, -0.1) is 11.3 Å². The second kappa shape index (κ2) is 6.43. The molecule has 6 heteroatoms. The maximum Gasteiger partial charge on any atom is 0.227 e. The van der Waals surface area contributed by atoms with Crippen LogP contribution in [0.2, 0.25) is 5.02 Å². The molecule has 4 aromatic rings. The molecule has 2 aromatic heterocycles. The average molecular weight is 367 g/mol. The predicted octanol–water partition coefficient (Wildman–Crippen LogP) is 5.77. The summed E-state index contributed by atoms with van der Waals surface area (Å²) in [6, 6.07) is 15.9. The second-order valence-electron chi connectivity index (χ2n) is 5.78. The molecule has 124 valence electrons. The molecule has 4 rings (SSSR count). The molecule has 0 fully saturated rings. The van der Waals surface area contributed by atoms with Crippen LogP contribution in [0.5, 0.6) is 0 Å². The van der Waals surface area contributed by atoms with Crippen LogP contribution in [-0.2, 0) is 0 Å². The van der Waals surface area contributed by atoms with Crippen LogP contribution in [0.1, 0.15) is 11.4 Å². The third-order valence-corrected chi connectivity index (χ3v) is 5.15. The Bertz CT molecular complexity index is 1020. The van der Waals surface area contributed by atoms with Gasteiger partial charge in [-0.1, -0.05) is 29.8 Å². The Morgan fingerprint density at radius 1 is 0.920 bits per heavy atom. The number of halogens is 1. The number of aryl methyl sites for hydroxylation is 2. The highest BCUT2D eigenvalue weighted by molar-refractivity contribution is 7.21. The minimum atomic E-state index is 0.542. The molecule has 0 spiro atoms. The lowest BCUT2D eigenvalue weighted by atomic mass is 10.2. The average Bonchev–Trinajstić information content (AvgIpc) is 3.00. The van der Waals surface area contributed by atoms with Crippen molar-refractivity contribution in [1.29, 1.82) is 0 Å². The molecule has 0 atom stereocenters. The van der Waals surface area contributed by atoms with Crippen LogP contribution in [0.15, 0.2) is 48.5 Å². The van der Waals surface area contributed by atoms with Gasteiger partial charge in [0.2, 0.25) is 5.95 Å². The highest BCUT2D eigenvalue weighted by atomic mass is 35.5. The number of anilines is 2. The number of hydrogen-bond acceptors (Lipinski definition) is 5. The van der Waals surface area contributed by atoms with Gasteiger partial charge in [0.25, 0.3) is 0 Å². The number of benzene rings is 2. The quantitative estimate of drug-likeness (QED) is 0.500. The maximum absolute atomic E-state index is 6.36. The molecule has 0 unspecified atom stereocenters. The summed E-state index contributed by atoms with van der Waals surface area (Å²) in [6.45, 7) is 3.89. The Kier molecular flexibility index (Phi) is 4.11. The Balaban J connectivity index is 1.73. The van der Waals surface area contributed by atoms with E-state index in [1.165, 1.54) is 4.70 Å². The summed E-state index contributed by atoms with van der Waals surface area (Å²) in [7, 11) is 0. The normalized spacial score (nSPS) is 11.0. The lowest BCUT2D eigenvalue weighted by Gasteiger charge is -2.09. The Morgan fingerprint density at radius 3 is 2.44 bits per heavy atom. The van der Waals surface area contributed by atoms with Crippen molar-refractivity contribution in [3.63, 3.8) is 0 Å². The third-order valence-electron chi connectivity index (χ3n) is 3.74. The van der Waals surface area contributed by atoms with Gasteiger partial charge in [0.1, 0.15) is 5.01 Å². The van der Waals surface area contributed by atoms with Gasteiger partial charge in [-0.3, -0.25) is 0 Å². The molecule has 2 aromatic carbocycles. The summed E-state index contributed by atoms with van der Waals surface area (Å²) in [5, 5.41) is 4.80. The summed E-state index contributed by atoms with van der Waals surface area (Å²) in [4.78, 5) is 13.5. The Hall–Kier alpha value is -2.50. The molecule has 0 aliphatic rings. The zero-order chi connectivity index (χ0) is 17.4. The third kappa shape index (κ3) is 3.34. The minimum Gasteiger partial charge on any atom is -0.323 e. The topological polar surface area (TPSA) is 50.7 Å². The molecular weight excluding hydrogens is 352 g/mol. The fraction of sp³-hybridized carbons (Fsp3) is 0.105. The molecule has 0 aliphatic heterocycles. The van der Waals surface area contributed by atoms with Gasteiger partial charge in [0.15, 0.2) is 0 Å². The number of fused-ring (bicyclic) bond motifs is 1. The molecule has 25 heavy (non-hydrogen) atoms. The number of para-hydroxylation sites is 1. The first-order valence-electron chi connectivity index (χ1n) is 7.83. The van der Waals surface area contributed by atoms with Gasteiger partial charge in [-0.05, 0) is 44.2 Å².